The van der Waals surface area contributed by atoms with Crippen molar-refractivity contribution in [2.24, 2.45) is 7.05 Å². The first-order valence-electron chi connectivity index (χ1n) is 11.1. The maximum absolute atomic E-state index is 12.7. The topological polar surface area (TPSA) is 90.7 Å². The van der Waals surface area contributed by atoms with Crippen molar-refractivity contribution in [3.63, 3.8) is 0 Å². The molecular formula is C24H31N5O4. The summed E-state index contributed by atoms with van der Waals surface area (Å²) in [5, 5.41) is 8.28. The lowest BCUT2D eigenvalue weighted by atomic mass is 10.0. The number of hydrogen-bond donors (Lipinski definition) is 1. The Bertz CT molecular complexity index is 1110. The normalized spacial score (nSPS) is 15.4. The third kappa shape index (κ3) is 5.26. The summed E-state index contributed by atoms with van der Waals surface area (Å²) in [7, 11) is 3.47. The molecule has 3 heterocycles. The van der Waals surface area contributed by atoms with Crippen LogP contribution in [-0.4, -0.2) is 72.1 Å². The van der Waals surface area contributed by atoms with E-state index in [1.807, 2.05) is 51.2 Å². The van der Waals surface area contributed by atoms with E-state index in [0.29, 0.717) is 25.6 Å². The van der Waals surface area contributed by atoms with E-state index < -0.39 is 0 Å². The molecule has 1 fully saturated rings. The summed E-state index contributed by atoms with van der Waals surface area (Å²) in [5.74, 6) is 1.03. The second kappa shape index (κ2) is 10.2. The smallest absolute Gasteiger partial charge is 0.258 e. The highest BCUT2D eigenvalue weighted by Gasteiger charge is 2.24. The van der Waals surface area contributed by atoms with Gasteiger partial charge in [0.15, 0.2) is 12.3 Å². The number of nitrogens with zero attached hydrogens (tertiary/aromatic N) is 4. The molecule has 1 aliphatic heterocycles. The predicted octanol–water partition coefficient (Wildman–Crippen LogP) is 2.16. The summed E-state index contributed by atoms with van der Waals surface area (Å²) >= 11 is 0. The number of aryl methyl sites for hydroxylation is 3. The van der Waals surface area contributed by atoms with E-state index in [1.165, 1.54) is 0 Å². The zero-order valence-corrected chi connectivity index (χ0v) is 19.6. The number of rotatable bonds is 8. The number of nitrogens with one attached hydrogen (secondary N) is 1. The second-order valence-electron chi connectivity index (χ2n) is 8.24. The molecule has 0 saturated carbocycles. The number of pyridine rings is 1. The molecule has 9 nitrogen and oxygen atoms in total. The van der Waals surface area contributed by atoms with E-state index >= 15 is 0 Å². The van der Waals surface area contributed by atoms with Crippen molar-refractivity contribution in [2.75, 3.05) is 46.6 Å². The van der Waals surface area contributed by atoms with Gasteiger partial charge in [0.2, 0.25) is 5.88 Å². The standard InChI is InChI=1S/C24H31N5O4/c1-16-13-17(2)26-23-22(16)24(27-28(23)3)33-15-21(30)25-14-20(29-9-11-32-12-10-29)18-5-7-19(31-4)8-6-18/h5-8,13,20H,9-12,14-15H2,1-4H3,(H,25,30). The molecule has 1 aliphatic rings. The van der Waals surface area contributed by atoms with Gasteiger partial charge in [-0.15, -0.1) is 5.10 Å². The number of benzene rings is 1. The quantitative estimate of drug-likeness (QED) is 0.559. The van der Waals surface area contributed by atoms with Gasteiger partial charge in [0.1, 0.15) is 5.75 Å². The van der Waals surface area contributed by atoms with Gasteiger partial charge in [-0.05, 0) is 43.2 Å². The Morgan fingerprint density at radius 1 is 1.21 bits per heavy atom. The highest BCUT2D eigenvalue weighted by Crippen LogP contribution is 2.27. The van der Waals surface area contributed by atoms with Crippen LogP contribution < -0.4 is 14.8 Å². The van der Waals surface area contributed by atoms with Crippen LogP contribution in [0.2, 0.25) is 0 Å². The first-order chi connectivity index (χ1) is 16.0. The highest BCUT2D eigenvalue weighted by atomic mass is 16.5. The largest absolute Gasteiger partial charge is 0.497 e. The van der Waals surface area contributed by atoms with E-state index in [-0.39, 0.29) is 18.6 Å². The fourth-order valence-corrected chi connectivity index (χ4v) is 4.22. The van der Waals surface area contributed by atoms with Crippen LogP contribution in [0.25, 0.3) is 11.0 Å². The van der Waals surface area contributed by atoms with Gasteiger partial charge in [-0.2, -0.15) is 0 Å². The van der Waals surface area contributed by atoms with Crippen LogP contribution in [0.1, 0.15) is 22.9 Å². The number of morpholine rings is 1. The van der Waals surface area contributed by atoms with Crippen LogP contribution in [0.4, 0.5) is 0 Å². The van der Waals surface area contributed by atoms with E-state index in [0.717, 1.165) is 46.7 Å². The van der Waals surface area contributed by atoms with Crippen molar-refractivity contribution in [2.45, 2.75) is 19.9 Å². The molecule has 1 aromatic carbocycles. The lowest BCUT2D eigenvalue weighted by molar-refractivity contribution is -0.123. The van der Waals surface area contributed by atoms with Crippen LogP contribution >= 0.6 is 0 Å². The van der Waals surface area contributed by atoms with Crippen LogP contribution in [0.15, 0.2) is 30.3 Å². The third-order valence-corrected chi connectivity index (χ3v) is 5.91. The summed E-state index contributed by atoms with van der Waals surface area (Å²) in [4.78, 5) is 19.5. The van der Waals surface area contributed by atoms with Crippen molar-refractivity contribution in [1.82, 2.24) is 25.0 Å². The van der Waals surface area contributed by atoms with Crippen molar-refractivity contribution in [1.29, 1.82) is 0 Å². The molecule has 0 radical (unpaired) electrons. The summed E-state index contributed by atoms with van der Waals surface area (Å²) < 4.78 is 18.3. The Labute approximate surface area is 193 Å². The van der Waals surface area contributed by atoms with Gasteiger partial charge in [-0.1, -0.05) is 12.1 Å². The van der Waals surface area contributed by atoms with E-state index in [2.05, 4.69) is 20.3 Å². The summed E-state index contributed by atoms with van der Waals surface area (Å²) in [6, 6.07) is 9.99. The number of amides is 1. The molecule has 1 atom stereocenters. The highest BCUT2D eigenvalue weighted by molar-refractivity contribution is 5.85. The molecule has 1 N–H and O–H groups in total. The summed E-state index contributed by atoms with van der Waals surface area (Å²) in [5.41, 5.74) is 3.80. The number of fused-ring (bicyclic) bond motifs is 1. The lowest BCUT2D eigenvalue weighted by Gasteiger charge is -2.35. The molecule has 1 amide bonds. The van der Waals surface area contributed by atoms with E-state index in [1.54, 1.807) is 11.8 Å². The molecule has 33 heavy (non-hydrogen) atoms. The first-order valence-corrected chi connectivity index (χ1v) is 11.1. The molecule has 176 valence electrons. The maximum Gasteiger partial charge on any atom is 0.258 e. The number of aromatic nitrogens is 3. The molecule has 0 spiro atoms. The van der Waals surface area contributed by atoms with E-state index in [4.69, 9.17) is 14.2 Å². The fraction of sp³-hybridized carbons (Fsp3) is 0.458. The fourth-order valence-electron chi connectivity index (χ4n) is 4.22. The average Bonchev–Trinajstić information content (AvgIpc) is 3.14. The third-order valence-electron chi connectivity index (χ3n) is 5.91. The number of ether oxygens (including phenoxy) is 3. The van der Waals surface area contributed by atoms with Gasteiger partial charge in [0.25, 0.3) is 5.91 Å². The van der Waals surface area contributed by atoms with Gasteiger partial charge in [0.05, 0.1) is 31.8 Å². The molecule has 1 unspecified atom stereocenters. The minimum atomic E-state index is -0.196. The van der Waals surface area contributed by atoms with Gasteiger partial charge in [-0.25, -0.2) is 9.67 Å². The summed E-state index contributed by atoms with van der Waals surface area (Å²) in [6.45, 7) is 7.29. The predicted molar refractivity (Wildman–Crippen MR) is 125 cm³/mol. The number of hydrogen-bond acceptors (Lipinski definition) is 7. The number of methoxy groups -OCH3 is 1. The van der Waals surface area contributed by atoms with Crippen molar-refractivity contribution in [3.8, 4) is 11.6 Å². The summed E-state index contributed by atoms with van der Waals surface area (Å²) in [6.07, 6.45) is 0. The van der Waals surface area contributed by atoms with Crippen molar-refractivity contribution < 1.29 is 19.0 Å². The average molecular weight is 454 g/mol. The van der Waals surface area contributed by atoms with Gasteiger partial charge < -0.3 is 19.5 Å². The first kappa shape index (κ1) is 23.0. The van der Waals surface area contributed by atoms with E-state index in [9.17, 15) is 4.79 Å². The molecule has 3 aromatic rings. The Morgan fingerprint density at radius 3 is 2.64 bits per heavy atom. The van der Waals surface area contributed by atoms with Gasteiger partial charge in [0, 0.05) is 32.4 Å². The zero-order valence-electron chi connectivity index (χ0n) is 19.6. The molecule has 2 aromatic heterocycles. The molecule has 0 aliphatic carbocycles. The zero-order chi connectivity index (χ0) is 23.4. The Hall–Kier alpha value is -3.17. The monoisotopic (exact) mass is 453 g/mol. The molecular weight excluding hydrogens is 422 g/mol. The minimum absolute atomic E-state index is 0.0360. The minimum Gasteiger partial charge on any atom is -0.497 e. The van der Waals surface area contributed by atoms with Crippen molar-refractivity contribution in [3.05, 3.63) is 47.2 Å². The van der Waals surface area contributed by atoms with Crippen LogP contribution in [0.5, 0.6) is 11.6 Å². The lowest BCUT2D eigenvalue weighted by Crippen LogP contribution is -2.44. The molecule has 4 rings (SSSR count). The second-order valence-corrected chi connectivity index (χ2v) is 8.24. The van der Waals surface area contributed by atoms with Gasteiger partial charge >= 0.3 is 0 Å². The van der Waals surface area contributed by atoms with Crippen LogP contribution in [-0.2, 0) is 16.6 Å². The van der Waals surface area contributed by atoms with Crippen molar-refractivity contribution >= 4 is 16.9 Å². The Balaban J connectivity index is 1.42. The Morgan fingerprint density at radius 2 is 1.94 bits per heavy atom. The molecule has 0 bridgehead atoms. The molecule has 1 saturated heterocycles. The number of carbonyl (C=O) groups is 1. The molecule has 9 heteroatoms. The Kier molecular flexibility index (Phi) is 7.10. The SMILES string of the molecule is COc1ccc(C(CNC(=O)COc2nn(C)c3nc(C)cc(C)c23)N2CCOCC2)cc1. The van der Waals surface area contributed by atoms with Crippen LogP contribution in [0, 0.1) is 13.8 Å². The maximum atomic E-state index is 12.7. The number of carbonyl (C=O) groups excluding carboxylic acids is 1. The van der Waals surface area contributed by atoms with Crippen LogP contribution in [0.3, 0.4) is 0 Å². The van der Waals surface area contributed by atoms with Gasteiger partial charge in [-0.3, -0.25) is 9.69 Å².